The topological polar surface area (TPSA) is 88.4 Å². The zero-order valence-corrected chi connectivity index (χ0v) is 18.1. The number of carboxylic acid groups (broad SMARTS) is 1. The van der Waals surface area contributed by atoms with Crippen molar-refractivity contribution in [2.45, 2.75) is 18.4 Å². The Hall–Kier alpha value is -3.29. The van der Waals surface area contributed by atoms with Gasteiger partial charge in [-0.3, -0.25) is 9.52 Å². The van der Waals surface area contributed by atoms with Crippen LogP contribution < -0.4 is 4.72 Å². The number of aliphatic carboxylic acids is 1. The number of hydrogen-bond acceptors (Lipinski definition) is 3. The van der Waals surface area contributed by atoms with Crippen LogP contribution in [0.1, 0.15) is 5.69 Å². The number of rotatable bonds is 6. The van der Waals surface area contributed by atoms with E-state index in [1.807, 2.05) is 30.3 Å². The van der Waals surface area contributed by atoms with Crippen LogP contribution in [0.5, 0.6) is 0 Å². The van der Waals surface area contributed by atoms with Crippen LogP contribution in [-0.2, 0) is 21.4 Å². The first kappa shape index (κ1) is 21.0. The molecule has 0 radical (unpaired) electrons. The van der Waals surface area contributed by atoms with Crippen molar-refractivity contribution < 1.29 is 18.3 Å². The van der Waals surface area contributed by atoms with Crippen molar-refractivity contribution in [2.24, 2.45) is 0 Å². The molecule has 158 valence electrons. The van der Waals surface area contributed by atoms with Gasteiger partial charge in [0.2, 0.25) is 0 Å². The zero-order chi connectivity index (χ0) is 22.2. The lowest BCUT2D eigenvalue weighted by molar-refractivity contribution is -0.137. The largest absolute Gasteiger partial charge is 0.480 e. The van der Waals surface area contributed by atoms with E-state index in [1.54, 1.807) is 54.0 Å². The fourth-order valence-electron chi connectivity index (χ4n) is 3.57. The molecular weight excluding hydrogens is 436 g/mol. The predicted molar refractivity (Wildman–Crippen MR) is 122 cm³/mol. The minimum absolute atomic E-state index is 0.104. The fourth-order valence-corrected chi connectivity index (χ4v) is 4.88. The number of nitrogens with one attached hydrogen (secondary N) is 1. The summed E-state index contributed by atoms with van der Waals surface area (Å²) in [5.74, 6) is -1.03. The molecule has 8 heteroatoms. The average molecular weight is 455 g/mol. The van der Waals surface area contributed by atoms with Crippen LogP contribution in [0.3, 0.4) is 0 Å². The Morgan fingerprint density at radius 2 is 1.65 bits per heavy atom. The Balaban J connectivity index is 1.74. The standard InChI is InChI=1S/C23H19ClN2O4S/c1-15-23(20-13-18(24)9-12-21(20)26(15)14-22(27)28)25-31(29,30)19-10-7-17(8-11-19)16-5-3-2-4-6-16/h2-13,25H,14H2,1H3,(H,27,28). The van der Waals surface area contributed by atoms with Crippen LogP contribution in [0.4, 0.5) is 5.69 Å². The molecule has 0 spiro atoms. The minimum Gasteiger partial charge on any atom is -0.480 e. The summed E-state index contributed by atoms with van der Waals surface area (Å²) in [7, 11) is -3.91. The van der Waals surface area contributed by atoms with Crippen LogP contribution in [0, 0.1) is 6.92 Å². The predicted octanol–water partition coefficient (Wildman–Crippen LogP) is 5.16. The van der Waals surface area contributed by atoms with Crippen molar-refractivity contribution in [3.63, 3.8) is 0 Å². The maximum absolute atomic E-state index is 13.1. The molecule has 0 aliphatic heterocycles. The highest BCUT2D eigenvalue weighted by atomic mass is 35.5. The molecule has 0 unspecified atom stereocenters. The van der Waals surface area contributed by atoms with Gasteiger partial charge in [-0.2, -0.15) is 0 Å². The van der Waals surface area contributed by atoms with E-state index in [9.17, 15) is 18.3 Å². The van der Waals surface area contributed by atoms with Gasteiger partial charge in [0.1, 0.15) is 6.54 Å². The number of hydrogen-bond donors (Lipinski definition) is 2. The van der Waals surface area contributed by atoms with Crippen molar-refractivity contribution in [1.82, 2.24) is 4.57 Å². The number of benzene rings is 3. The molecule has 0 atom stereocenters. The summed E-state index contributed by atoms with van der Waals surface area (Å²) >= 11 is 6.12. The number of sulfonamides is 1. The van der Waals surface area contributed by atoms with E-state index in [0.29, 0.717) is 27.3 Å². The third-order valence-corrected chi connectivity index (χ3v) is 6.69. The van der Waals surface area contributed by atoms with Gasteiger partial charge in [-0.25, -0.2) is 8.42 Å². The molecule has 0 aliphatic carbocycles. The van der Waals surface area contributed by atoms with Crippen molar-refractivity contribution in [3.05, 3.63) is 83.5 Å². The lowest BCUT2D eigenvalue weighted by Crippen LogP contribution is -2.14. The molecule has 0 bridgehead atoms. The molecule has 31 heavy (non-hydrogen) atoms. The van der Waals surface area contributed by atoms with E-state index in [-0.39, 0.29) is 11.4 Å². The van der Waals surface area contributed by atoms with Crippen LogP contribution in [-0.4, -0.2) is 24.1 Å². The Kier molecular flexibility index (Phi) is 5.47. The molecule has 0 amide bonds. The highest BCUT2D eigenvalue weighted by molar-refractivity contribution is 7.92. The maximum atomic E-state index is 13.1. The Bertz CT molecular complexity index is 1380. The second-order valence-electron chi connectivity index (χ2n) is 7.10. The molecule has 2 N–H and O–H groups in total. The van der Waals surface area contributed by atoms with Gasteiger partial charge in [-0.1, -0.05) is 54.1 Å². The Morgan fingerprint density at radius 3 is 2.29 bits per heavy atom. The fraction of sp³-hybridized carbons (Fsp3) is 0.0870. The first-order chi connectivity index (χ1) is 14.8. The summed E-state index contributed by atoms with van der Waals surface area (Å²) in [6.07, 6.45) is 0. The molecule has 1 heterocycles. The highest BCUT2D eigenvalue weighted by Crippen LogP contribution is 2.34. The Labute approximate surface area is 184 Å². The van der Waals surface area contributed by atoms with Crippen LogP contribution >= 0.6 is 11.6 Å². The van der Waals surface area contributed by atoms with E-state index in [2.05, 4.69) is 4.72 Å². The number of carbonyl (C=O) groups is 1. The van der Waals surface area contributed by atoms with Gasteiger partial charge < -0.3 is 9.67 Å². The summed E-state index contributed by atoms with van der Waals surface area (Å²) in [6, 6.07) is 21.2. The second-order valence-corrected chi connectivity index (χ2v) is 9.22. The summed E-state index contributed by atoms with van der Waals surface area (Å²) in [5.41, 5.74) is 3.28. The van der Waals surface area contributed by atoms with E-state index in [1.165, 1.54) is 0 Å². The molecule has 0 fully saturated rings. The molecule has 0 saturated heterocycles. The lowest BCUT2D eigenvalue weighted by Gasteiger charge is -2.10. The third kappa shape index (κ3) is 4.15. The first-order valence-corrected chi connectivity index (χ1v) is 11.3. The van der Waals surface area contributed by atoms with Gasteiger partial charge >= 0.3 is 5.97 Å². The highest BCUT2D eigenvalue weighted by Gasteiger charge is 2.22. The summed E-state index contributed by atoms with van der Waals surface area (Å²) in [4.78, 5) is 11.4. The van der Waals surface area contributed by atoms with Crippen molar-refractivity contribution in [1.29, 1.82) is 0 Å². The van der Waals surface area contributed by atoms with Gasteiger partial charge in [-0.05, 0) is 48.4 Å². The van der Waals surface area contributed by atoms with Gasteiger partial charge in [-0.15, -0.1) is 0 Å². The maximum Gasteiger partial charge on any atom is 0.323 e. The number of nitrogens with zero attached hydrogens (tertiary/aromatic N) is 1. The smallest absolute Gasteiger partial charge is 0.323 e. The SMILES string of the molecule is Cc1c(NS(=O)(=O)c2ccc(-c3ccccc3)cc2)c2cc(Cl)ccc2n1CC(=O)O. The monoisotopic (exact) mass is 454 g/mol. The summed E-state index contributed by atoms with van der Waals surface area (Å²) in [6.45, 7) is 1.38. The zero-order valence-electron chi connectivity index (χ0n) is 16.5. The second kappa shape index (κ2) is 8.09. The number of anilines is 1. The van der Waals surface area contributed by atoms with Crippen molar-refractivity contribution >= 4 is 44.2 Å². The molecule has 3 aromatic carbocycles. The normalized spacial score (nSPS) is 11.5. The average Bonchev–Trinajstić information content (AvgIpc) is 2.99. The molecule has 0 saturated carbocycles. The van der Waals surface area contributed by atoms with Gasteiger partial charge in [0.25, 0.3) is 10.0 Å². The summed E-state index contributed by atoms with van der Waals surface area (Å²) < 4.78 is 30.4. The molecular formula is C23H19ClN2O4S. The first-order valence-electron chi connectivity index (χ1n) is 9.45. The lowest BCUT2D eigenvalue weighted by atomic mass is 10.1. The molecule has 4 aromatic rings. The molecule has 1 aromatic heterocycles. The van der Waals surface area contributed by atoms with Gasteiger partial charge in [0.15, 0.2) is 0 Å². The third-order valence-electron chi connectivity index (χ3n) is 5.09. The van der Waals surface area contributed by atoms with E-state index in [0.717, 1.165) is 11.1 Å². The van der Waals surface area contributed by atoms with E-state index < -0.39 is 16.0 Å². The Morgan fingerprint density at radius 1 is 1.00 bits per heavy atom. The van der Waals surface area contributed by atoms with Crippen molar-refractivity contribution in [3.8, 4) is 11.1 Å². The minimum atomic E-state index is -3.91. The van der Waals surface area contributed by atoms with E-state index >= 15 is 0 Å². The number of halogens is 1. The summed E-state index contributed by atoms with van der Waals surface area (Å²) in [5, 5.41) is 10.2. The van der Waals surface area contributed by atoms with E-state index in [4.69, 9.17) is 11.6 Å². The number of fused-ring (bicyclic) bond motifs is 1. The van der Waals surface area contributed by atoms with Gasteiger partial charge in [0.05, 0.1) is 16.1 Å². The van der Waals surface area contributed by atoms with Crippen LogP contribution in [0.25, 0.3) is 22.0 Å². The molecule has 0 aliphatic rings. The van der Waals surface area contributed by atoms with Crippen LogP contribution in [0.15, 0.2) is 77.7 Å². The molecule has 4 rings (SSSR count). The number of aromatic nitrogens is 1. The molecule has 6 nitrogen and oxygen atoms in total. The quantitative estimate of drug-likeness (QED) is 0.421. The number of carboxylic acids is 1. The van der Waals surface area contributed by atoms with Crippen molar-refractivity contribution in [2.75, 3.05) is 4.72 Å². The van der Waals surface area contributed by atoms with Crippen LogP contribution in [0.2, 0.25) is 5.02 Å². The van der Waals surface area contributed by atoms with Gasteiger partial charge in [0, 0.05) is 16.1 Å².